The van der Waals surface area contributed by atoms with E-state index in [0.717, 1.165) is 190 Å². The lowest BCUT2D eigenvalue weighted by atomic mass is 8.61. The molecule has 72 fully saturated rings. The van der Waals surface area contributed by atoms with Crippen molar-refractivity contribution in [3.05, 3.63) is 0 Å². The summed E-state index contributed by atoms with van der Waals surface area (Å²) in [5.74, 6) is 100. The SMILES string of the molecule is C1C2CC3C4C5C6C7C8C9C%10C%11C%12C%13C%14C%15C%16C%17C%18C%19C%20C%21C%22C%23C%24C%25C%26C%27C%28C%29C%30C%31C%32C%33C%34C%35C%36C%37CC%38CC%39C%40C%41C%42C%43C%44C%45C%46C%47C%48C%49C%50C%51C%52C%53C%54C%55C%56C%57C%58C%59C%60C%61C%62C%63C%64C%65C%66C%67C%68C%69C%70C%71C%72C1C23C%724C%715C%706C%697C%688C%679C%66%10C%65%11C%64%12C%63%13C%62%14C%61%15C%60%16C%59%17C%58%18C%57%19C%56%20C%55%21C%54%22C%53%23C%52%24C%51%25C%50%26C%49%27C%48%28C%47%29C%46%30C%45%31C%44%32C%43%33C%42%34C%41%35C%40%36C%38%39%37. The van der Waals surface area contributed by atoms with E-state index in [-0.39, 0.29) is 0 Å². The zero-order chi connectivity index (χ0) is 61.9. The largest absolute Gasteiger partial charge is 0.0461 e. The molecule has 72 aliphatic rings. The van der Waals surface area contributed by atoms with Crippen molar-refractivity contribution in [3.63, 3.8) is 0 Å². The van der Waals surface area contributed by atoms with E-state index in [0.29, 0.717) is 0 Å². The van der Waals surface area contributed by atoms with Gasteiger partial charge in [0.2, 0.25) is 0 Å². The Morgan fingerprint density at radius 2 is 0.153 bits per heavy atom. The van der Waals surface area contributed by atoms with Gasteiger partial charge in [0, 0.05) is 0 Å². The average molecular weight is 1410 g/mol. The quantitative estimate of drug-likeness (QED) is 0.227. The molecule has 524 valence electrons. The summed E-state index contributed by atoms with van der Waals surface area (Å²) in [5.41, 5.74) is 38.2. The fourth-order valence-corrected chi connectivity index (χ4v) is 109. The number of fused-ring (bicyclic) bond motifs is 68. The maximum absolute atomic E-state index is 1.78. The third-order valence-corrected chi connectivity index (χ3v) is 90.5. The van der Waals surface area contributed by atoms with Crippen molar-refractivity contribution in [2.24, 2.45) is 616 Å². The predicted octanol–water partition coefficient (Wildman–Crippen LogP) is 10.4. The van der Waals surface area contributed by atoms with Gasteiger partial charge < -0.3 is 0 Å². The van der Waals surface area contributed by atoms with Gasteiger partial charge in [0.15, 0.2) is 0 Å². The molecule has 68 atom stereocenters. The second kappa shape index (κ2) is 7.07. The minimum absolute atomic E-state index is 1.07. The average Bonchev–Trinajstić information content (AvgIpc) is 0.474. The second-order valence-corrected chi connectivity index (χ2v) is 70.0. The van der Waals surface area contributed by atoms with Crippen LogP contribution in [0.2, 0.25) is 0 Å². The van der Waals surface area contributed by atoms with Crippen LogP contribution in [0.3, 0.4) is 0 Å². The highest BCUT2D eigenvalue weighted by atomic mass is 15.5. The monoisotopic (exact) mass is 1410 g/mol. The van der Waals surface area contributed by atoms with Crippen LogP contribution in [0.15, 0.2) is 0 Å². The van der Waals surface area contributed by atoms with Gasteiger partial charge in [-0.2, -0.15) is 0 Å². The van der Waals surface area contributed by atoms with Crippen LogP contribution in [0.4, 0.5) is 0 Å². The van der Waals surface area contributed by atoms with Gasteiger partial charge in [-0.1, -0.05) is 0 Å². The Morgan fingerprint density at radius 3 is 0.234 bits per heavy atom. The lowest BCUT2D eigenvalue weighted by Gasteiger charge is -3.42. The van der Waals surface area contributed by atoms with Crippen molar-refractivity contribution in [3.8, 4) is 0 Å². The van der Waals surface area contributed by atoms with E-state index in [4.69, 9.17) is 0 Å². The Hall–Kier alpha value is 0. The first-order valence-electron chi connectivity index (χ1n) is 55.2. The van der Waals surface area contributed by atoms with Gasteiger partial charge in [-0.3, -0.25) is 0 Å². The topological polar surface area (TPSA) is 0 Å². The summed E-state index contributed by atoms with van der Waals surface area (Å²) >= 11 is 0. The van der Waals surface area contributed by atoms with Gasteiger partial charge in [-0.05, 0) is 641 Å². The van der Waals surface area contributed by atoms with Crippen molar-refractivity contribution in [2.75, 3.05) is 0 Å². The van der Waals surface area contributed by atoms with E-state index in [2.05, 4.69) is 0 Å². The van der Waals surface area contributed by atoms with Crippen molar-refractivity contribution >= 4 is 0 Å². The Morgan fingerprint density at radius 1 is 0.0811 bits per heavy atom. The van der Waals surface area contributed by atoms with Crippen LogP contribution in [0.5, 0.6) is 0 Å². The van der Waals surface area contributed by atoms with Gasteiger partial charge in [-0.15, -0.1) is 0 Å². The first-order valence-corrected chi connectivity index (χ1v) is 55.2. The predicted molar refractivity (Wildman–Crippen MR) is 355 cm³/mol. The molecule has 0 heterocycles. The molecule has 72 aliphatic carbocycles. The smallest absolute Gasteiger partial charge is 0.00932 e. The molecular formula is C111H80. The minimum atomic E-state index is 1.07. The fraction of sp³-hybridized carbons (Fsp3) is 1.00. The molecule has 0 aromatic rings. The van der Waals surface area contributed by atoms with E-state index < -0.39 is 0 Å². The van der Waals surface area contributed by atoms with Gasteiger partial charge in [0.1, 0.15) is 0 Å². The molecule has 0 bridgehead atoms. The summed E-state index contributed by atoms with van der Waals surface area (Å²) in [7, 11) is 0. The molecule has 0 nitrogen and oxygen atoms in total. The van der Waals surface area contributed by atoms with E-state index in [1.165, 1.54) is 426 Å². The highest BCUT2D eigenvalue weighted by molar-refractivity contribution is 5.93. The maximum atomic E-state index is 1.78. The molecule has 68 unspecified atom stereocenters. The van der Waals surface area contributed by atoms with Crippen molar-refractivity contribution in [1.82, 2.24) is 0 Å². The lowest BCUT2D eigenvalue weighted by molar-refractivity contribution is -0.972. The van der Waals surface area contributed by atoms with E-state index in [1.54, 1.807) is 25.7 Å². The van der Waals surface area contributed by atoms with Crippen LogP contribution in [0, 0.1) is 616 Å². The molecular weight excluding hydrogens is 1330 g/mol. The van der Waals surface area contributed by atoms with Crippen LogP contribution in [-0.2, 0) is 0 Å². The third-order valence-electron chi connectivity index (χ3n) is 90.5. The lowest BCUT2D eigenvalue weighted by Crippen LogP contribution is -3.40. The van der Waals surface area contributed by atoms with Crippen molar-refractivity contribution < 1.29 is 0 Å². The van der Waals surface area contributed by atoms with Crippen LogP contribution in [-0.4, -0.2) is 0 Å². The molecule has 0 heteroatoms. The van der Waals surface area contributed by atoms with Crippen LogP contribution in [0.25, 0.3) is 0 Å². The molecule has 0 saturated heterocycles. The van der Waals surface area contributed by atoms with E-state index >= 15 is 0 Å². The van der Waals surface area contributed by atoms with Crippen LogP contribution >= 0.6 is 0 Å². The highest BCUT2D eigenvalue weighted by Crippen LogP contribution is 3.50. The molecule has 0 aromatic carbocycles. The maximum Gasteiger partial charge on any atom is -0.00932 e. The molecule has 0 N–H and O–H groups in total. The molecule has 72 saturated carbocycles. The summed E-state index contributed by atoms with van der Waals surface area (Å²) in [6, 6.07) is 0. The minimum Gasteiger partial charge on any atom is -0.0461 e. The Labute approximate surface area is 636 Å². The molecule has 35 spiro atoms. The molecule has 111 heavy (non-hydrogen) atoms. The van der Waals surface area contributed by atoms with Gasteiger partial charge in [-0.25, -0.2) is 0 Å². The molecule has 0 aliphatic heterocycles. The fourth-order valence-electron chi connectivity index (χ4n) is 109. The number of hydrogen-bond acceptors (Lipinski definition) is 0. The number of rotatable bonds is 0. The number of hydrogen-bond donors (Lipinski definition) is 0. The Bertz CT molecular complexity index is 6710. The Balaban J connectivity index is 0.324. The summed E-state index contributed by atoms with van der Waals surface area (Å²) in [5, 5.41) is 0. The molecule has 0 radical (unpaired) electrons. The summed E-state index contributed by atoms with van der Waals surface area (Å²) < 4.78 is 0. The molecule has 72 rings (SSSR count). The third kappa shape index (κ3) is 1.22. The summed E-state index contributed by atoms with van der Waals surface area (Å²) in [4.78, 5) is 0. The van der Waals surface area contributed by atoms with Crippen LogP contribution < -0.4 is 0 Å². The van der Waals surface area contributed by atoms with Crippen molar-refractivity contribution in [2.45, 2.75) is 25.7 Å². The first-order chi connectivity index (χ1) is 55.2. The van der Waals surface area contributed by atoms with E-state index in [1.807, 2.05) is 0 Å². The second-order valence-electron chi connectivity index (χ2n) is 70.0. The zero-order valence-corrected chi connectivity index (χ0v) is 61.9. The highest BCUT2D eigenvalue weighted by Gasteiger charge is 3.48. The van der Waals surface area contributed by atoms with Gasteiger partial charge >= 0.3 is 0 Å². The molecule has 0 amide bonds. The molecule has 0 aromatic heterocycles. The van der Waals surface area contributed by atoms with Gasteiger partial charge in [0.25, 0.3) is 0 Å². The first kappa shape index (κ1) is 40.5. The zero-order valence-electron chi connectivity index (χ0n) is 61.9. The Kier molecular flexibility index (Phi) is 2.58. The summed E-state index contributed by atoms with van der Waals surface area (Å²) in [6.07, 6.45) is 7.12. The standard InChI is InChI=1S/C111H80/c1-5-2-8-12-16-20-24-28-32-36-40-44-48-52-56-60-64-68-72-76-74-70-66-62-58-54-50-46-42-38-34-30-26-22-18-14-10-4-6-3-9-13-17-21-25-29-33-37-41-45-49-53-57-61-65-69-73-75-71-67-63-59-55-51-47-43-39-35-31-27-23-19-15-11-7(1)77(5,8)79(11,12)81(15,16)83(19,20)85(23,24)87(27,28)89(31,32)91(35,36)93(39,40)95(43,44)97(47,48)99(51,52)101(55,56)103(59,60)105(63,64)107(67,68)109(71,72)111(75,76)110(73,74)108(69,70)106(65,66)104(61,62)102(57,58)100(53,54)98(49,50)96(45,46)94(41,42)92(37,38)90(33,34)88(29,30)86(25,26)84(21,22)82(17,18)80(13,14)78(6,9)10/h5-76H,1-4H2. The van der Waals surface area contributed by atoms with Crippen LogP contribution in [0.1, 0.15) is 25.7 Å². The van der Waals surface area contributed by atoms with Crippen molar-refractivity contribution in [1.29, 1.82) is 0 Å². The summed E-state index contributed by atoms with van der Waals surface area (Å²) in [6.45, 7) is 0. The van der Waals surface area contributed by atoms with Gasteiger partial charge in [0.05, 0.1) is 0 Å². The normalized spacial score (nSPS) is 131. The van der Waals surface area contributed by atoms with E-state index in [9.17, 15) is 0 Å².